The molecule has 0 aliphatic rings. The molecule has 2 rings (SSSR count). The zero-order valence-electron chi connectivity index (χ0n) is 14.6. The van der Waals surface area contributed by atoms with Gasteiger partial charge in [0.1, 0.15) is 11.4 Å². The molecular formula is C19H24F2N2O. The molecule has 0 amide bonds. The molecule has 2 aromatic rings. The maximum absolute atomic E-state index is 12.8. The molecule has 0 saturated carbocycles. The first-order chi connectivity index (χ1) is 11.4. The molecule has 3 nitrogen and oxygen atoms in total. The van der Waals surface area contributed by atoms with E-state index in [2.05, 4.69) is 30.7 Å². The Hall–Kier alpha value is -2.04. The number of aryl methyl sites for hydroxylation is 1. The Balaban J connectivity index is 2.11. The van der Waals surface area contributed by atoms with Crippen molar-refractivity contribution in [1.82, 2.24) is 9.97 Å². The van der Waals surface area contributed by atoms with Gasteiger partial charge in [0.2, 0.25) is 0 Å². The highest BCUT2D eigenvalue weighted by molar-refractivity contribution is 5.61. The van der Waals surface area contributed by atoms with E-state index in [1.807, 2.05) is 13.0 Å². The SMILES string of the molecule is Cc1cc(-c2ccnc(C(F)F)c2)ncc1OCC(C)CC(C)C. The molecule has 0 radical (unpaired) electrons. The molecule has 0 N–H and O–H groups in total. The smallest absolute Gasteiger partial charge is 0.280 e. The first kappa shape index (κ1) is 18.3. The lowest BCUT2D eigenvalue weighted by atomic mass is 10.00. The fourth-order valence-electron chi connectivity index (χ4n) is 2.68. The molecule has 130 valence electrons. The average molecular weight is 334 g/mol. The quantitative estimate of drug-likeness (QED) is 0.675. The minimum absolute atomic E-state index is 0.241. The van der Waals surface area contributed by atoms with Crippen LogP contribution >= 0.6 is 0 Å². The van der Waals surface area contributed by atoms with Gasteiger partial charge in [-0.15, -0.1) is 0 Å². The molecule has 2 heterocycles. The van der Waals surface area contributed by atoms with Crippen molar-refractivity contribution in [2.75, 3.05) is 6.61 Å². The van der Waals surface area contributed by atoms with E-state index in [4.69, 9.17) is 4.74 Å². The van der Waals surface area contributed by atoms with Crippen LogP contribution in [-0.4, -0.2) is 16.6 Å². The summed E-state index contributed by atoms with van der Waals surface area (Å²) in [5, 5.41) is 0. The summed E-state index contributed by atoms with van der Waals surface area (Å²) in [5.41, 5.74) is 1.96. The van der Waals surface area contributed by atoms with Gasteiger partial charge >= 0.3 is 0 Å². The number of nitrogens with zero attached hydrogens (tertiary/aromatic N) is 2. The maximum atomic E-state index is 12.8. The van der Waals surface area contributed by atoms with Gasteiger partial charge in [-0.2, -0.15) is 0 Å². The van der Waals surface area contributed by atoms with Gasteiger partial charge in [0.15, 0.2) is 0 Å². The summed E-state index contributed by atoms with van der Waals surface area (Å²) < 4.78 is 31.4. The highest BCUT2D eigenvalue weighted by atomic mass is 19.3. The Kier molecular flexibility index (Phi) is 6.23. The van der Waals surface area contributed by atoms with Crippen molar-refractivity contribution in [2.24, 2.45) is 11.8 Å². The molecule has 1 atom stereocenters. The molecule has 1 unspecified atom stereocenters. The van der Waals surface area contributed by atoms with Crippen LogP contribution in [0.4, 0.5) is 8.78 Å². The van der Waals surface area contributed by atoms with Gasteiger partial charge in [0.25, 0.3) is 6.43 Å². The van der Waals surface area contributed by atoms with Crippen molar-refractivity contribution < 1.29 is 13.5 Å². The first-order valence-corrected chi connectivity index (χ1v) is 8.20. The van der Waals surface area contributed by atoms with Crippen molar-refractivity contribution in [3.05, 3.63) is 41.9 Å². The van der Waals surface area contributed by atoms with Crippen LogP contribution in [0.3, 0.4) is 0 Å². The summed E-state index contributed by atoms with van der Waals surface area (Å²) in [4.78, 5) is 8.03. The largest absolute Gasteiger partial charge is 0.491 e. The number of halogens is 2. The Labute approximate surface area is 142 Å². The molecule has 0 aliphatic heterocycles. The fraction of sp³-hybridized carbons (Fsp3) is 0.474. The molecule has 24 heavy (non-hydrogen) atoms. The number of hydrogen-bond donors (Lipinski definition) is 0. The summed E-state index contributed by atoms with van der Waals surface area (Å²) >= 11 is 0. The first-order valence-electron chi connectivity index (χ1n) is 8.20. The van der Waals surface area contributed by atoms with E-state index in [1.165, 1.54) is 12.3 Å². The third-order valence-corrected chi connectivity index (χ3v) is 3.76. The highest BCUT2D eigenvalue weighted by Crippen LogP contribution is 2.26. The van der Waals surface area contributed by atoms with E-state index in [0.29, 0.717) is 29.7 Å². The zero-order valence-corrected chi connectivity index (χ0v) is 14.6. The molecule has 2 aromatic heterocycles. The lowest BCUT2D eigenvalue weighted by Gasteiger charge is -2.16. The Bertz CT molecular complexity index is 674. The maximum Gasteiger partial charge on any atom is 0.280 e. The standard InChI is InChI=1S/C19H24F2N2O/c1-12(2)7-13(3)11-24-18-10-23-16(8-14(18)4)15-5-6-22-17(9-15)19(20)21/h5-6,8-10,12-13,19H,7,11H2,1-4H3. The molecule has 0 aromatic carbocycles. The van der Waals surface area contributed by atoms with Gasteiger partial charge in [-0.05, 0) is 48.9 Å². The van der Waals surface area contributed by atoms with E-state index in [9.17, 15) is 8.78 Å². The summed E-state index contributed by atoms with van der Waals surface area (Å²) in [7, 11) is 0. The molecule has 0 bridgehead atoms. The third kappa shape index (κ3) is 4.98. The Morgan fingerprint density at radius 1 is 1.12 bits per heavy atom. The average Bonchev–Trinajstić information content (AvgIpc) is 2.53. The monoisotopic (exact) mass is 334 g/mol. The molecule has 0 aliphatic carbocycles. The molecule has 0 spiro atoms. The summed E-state index contributed by atoms with van der Waals surface area (Å²) in [6.45, 7) is 9.13. The van der Waals surface area contributed by atoms with Crippen molar-refractivity contribution in [2.45, 2.75) is 40.5 Å². The summed E-state index contributed by atoms with van der Waals surface area (Å²) in [5.74, 6) is 1.84. The second kappa shape index (κ2) is 8.18. The van der Waals surface area contributed by atoms with E-state index in [0.717, 1.165) is 17.7 Å². The number of alkyl halides is 2. The molecular weight excluding hydrogens is 310 g/mol. The van der Waals surface area contributed by atoms with E-state index in [-0.39, 0.29) is 5.69 Å². The van der Waals surface area contributed by atoms with Crippen LogP contribution in [0.1, 0.15) is 44.9 Å². The van der Waals surface area contributed by atoms with E-state index in [1.54, 1.807) is 12.3 Å². The third-order valence-electron chi connectivity index (χ3n) is 3.76. The predicted octanol–water partition coefficient (Wildman–Crippen LogP) is 5.45. The van der Waals surface area contributed by atoms with Crippen molar-refractivity contribution in [3.8, 4) is 17.0 Å². The van der Waals surface area contributed by atoms with Gasteiger partial charge in [0.05, 0.1) is 18.5 Å². The van der Waals surface area contributed by atoms with Crippen LogP contribution in [0.25, 0.3) is 11.3 Å². The number of aromatic nitrogens is 2. The highest BCUT2D eigenvalue weighted by Gasteiger charge is 2.12. The van der Waals surface area contributed by atoms with Crippen LogP contribution < -0.4 is 4.74 Å². The van der Waals surface area contributed by atoms with Crippen molar-refractivity contribution >= 4 is 0 Å². The Morgan fingerprint density at radius 2 is 1.88 bits per heavy atom. The second-order valence-electron chi connectivity index (χ2n) is 6.65. The van der Waals surface area contributed by atoms with E-state index >= 15 is 0 Å². The van der Waals surface area contributed by atoms with Gasteiger partial charge in [-0.1, -0.05) is 20.8 Å². The van der Waals surface area contributed by atoms with Crippen LogP contribution in [0, 0.1) is 18.8 Å². The minimum atomic E-state index is -2.59. The lowest BCUT2D eigenvalue weighted by Crippen LogP contribution is -2.11. The molecule has 0 fully saturated rings. The number of rotatable bonds is 7. The van der Waals surface area contributed by atoms with Gasteiger partial charge in [0, 0.05) is 11.8 Å². The van der Waals surface area contributed by atoms with Crippen LogP contribution in [-0.2, 0) is 0 Å². The summed E-state index contributed by atoms with van der Waals surface area (Å²) in [6, 6.07) is 4.91. The normalized spacial score (nSPS) is 12.7. The zero-order chi connectivity index (χ0) is 17.7. The van der Waals surface area contributed by atoms with Gasteiger partial charge in [-0.3, -0.25) is 9.97 Å². The predicted molar refractivity (Wildman–Crippen MR) is 91.3 cm³/mol. The van der Waals surface area contributed by atoms with E-state index < -0.39 is 6.43 Å². The second-order valence-corrected chi connectivity index (χ2v) is 6.65. The number of pyridine rings is 2. The fourth-order valence-corrected chi connectivity index (χ4v) is 2.68. The number of ether oxygens (including phenoxy) is 1. The van der Waals surface area contributed by atoms with Crippen molar-refractivity contribution in [3.63, 3.8) is 0 Å². The Morgan fingerprint density at radius 3 is 2.50 bits per heavy atom. The van der Waals surface area contributed by atoms with Gasteiger partial charge in [-0.25, -0.2) is 8.78 Å². The minimum Gasteiger partial charge on any atom is -0.491 e. The topological polar surface area (TPSA) is 35.0 Å². The molecule has 0 saturated heterocycles. The number of hydrogen-bond acceptors (Lipinski definition) is 3. The lowest BCUT2D eigenvalue weighted by molar-refractivity contribution is 0.146. The van der Waals surface area contributed by atoms with Crippen molar-refractivity contribution in [1.29, 1.82) is 0 Å². The van der Waals surface area contributed by atoms with Crippen LogP contribution in [0.2, 0.25) is 0 Å². The molecule has 5 heteroatoms. The summed E-state index contributed by atoms with van der Waals surface area (Å²) in [6.07, 6.45) is 1.56. The van der Waals surface area contributed by atoms with Crippen LogP contribution in [0.15, 0.2) is 30.6 Å². The van der Waals surface area contributed by atoms with Gasteiger partial charge < -0.3 is 4.74 Å². The van der Waals surface area contributed by atoms with Crippen LogP contribution in [0.5, 0.6) is 5.75 Å².